The van der Waals surface area contributed by atoms with Gasteiger partial charge in [-0.05, 0) is 80.9 Å². The molecule has 0 spiro atoms. The van der Waals surface area contributed by atoms with Gasteiger partial charge in [0.2, 0.25) is 0 Å². The van der Waals surface area contributed by atoms with Crippen LogP contribution in [0.25, 0.3) is 5.76 Å². The lowest BCUT2D eigenvalue weighted by molar-refractivity contribution is -0.132. The van der Waals surface area contributed by atoms with Crippen LogP contribution in [0, 0.1) is 0 Å². The molecule has 1 saturated heterocycles. The van der Waals surface area contributed by atoms with Gasteiger partial charge in [-0.3, -0.25) is 14.5 Å². The van der Waals surface area contributed by atoms with Crippen LogP contribution >= 0.6 is 11.6 Å². The largest absolute Gasteiger partial charge is 0.507 e. The molecule has 3 aromatic rings. The minimum atomic E-state index is -0.882. The van der Waals surface area contributed by atoms with Crippen molar-refractivity contribution in [3.8, 4) is 17.2 Å². The summed E-state index contributed by atoms with van der Waals surface area (Å²) in [6, 6.07) is 17.8. The van der Waals surface area contributed by atoms with Gasteiger partial charge in [0.05, 0.1) is 36.5 Å². The Morgan fingerprint density at radius 3 is 2.24 bits per heavy atom. The summed E-state index contributed by atoms with van der Waals surface area (Å²) >= 11 is 6.22. The molecule has 1 fully saturated rings. The molecule has 37 heavy (non-hydrogen) atoms. The third-order valence-electron chi connectivity index (χ3n) is 5.87. The van der Waals surface area contributed by atoms with E-state index in [1.165, 1.54) is 4.90 Å². The van der Waals surface area contributed by atoms with E-state index < -0.39 is 17.7 Å². The lowest BCUT2D eigenvalue weighted by Gasteiger charge is -2.26. The highest BCUT2D eigenvalue weighted by Crippen LogP contribution is 2.43. The number of anilines is 1. The van der Waals surface area contributed by atoms with Crippen molar-refractivity contribution in [3.63, 3.8) is 0 Å². The SMILES string of the molecule is CCOc1cc(/C(O)=C2/C(=O)C(=O)N(c3ccc(OC)cc3)C2c2ccc(OC(C)C)cc2)ccc1Cl. The first-order valence-electron chi connectivity index (χ1n) is 11.9. The van der Waals surface area contributed by atoms with E-state index in [1.54, 1.807) is 73.8 Å². The van der Waals surface area contributed by atoms with E-state index in [2.05, 4.69) is 0 Å². The van der Waals surface area contributed by atoms with E-state index in [1.807, 2.05) is 20.8 Å². The molecule has 1 amide bonds. The predicted molar refractivity (Wildman–Crippen MR) is 143 cm³/mol. The average molecular weight is 522 g/mol. The van der Waals surface area contributed by atoms with Crippen LogP contribution < -0.4 is 19.1 Å². The first-order valence-corrected chi connectivity index (χ1v) is 12.3. The second-order valence-electron chi connectivity index (χ2n) is 8.68. The number of halogens is 1. The van der Waals surface area contributed by atoms with Gasteiger partial charge in [-0.15, -0.1) is 0 Å². The Kier molecular flexibility index (Phi) is 7.74. The smallest absolute Gasteiger partial charge is 0.300 e. The summed E-state index contributed by atoms with van der Waals surface area (Å²) in [7, 11) is 1.55. The number of aliphatic hydroxyl groups excluding tert-OH is 1. The van der Waals surface area contributed by atoms with Crippen molar-refractivity contribution in [2.24, 2.45) is 0 Å². The highest BCUT2D eigenvalue weighted by Gasteiger charge is 2.47. The van der Waals surface area contributed by atoms with Crippen LogP contribution in [0.1, 0.15) is 37.9 Å². The maximum atomic E-state index is 13.4. The fraction of sp³-hybridized carbons (Fsp3) is 0.241. The van der Waals surface area contributed by atoms with Gasteiger partial charge in [0, 0.05) is 11.3 Å². The number of amides is 1. The van der Waals surface area contributed by atoms with Crippen molar-refractivity contribution in [2.75, 3.05) is 18.6 Å². The molecule has 1 atom stereocenters. The molecule has 1 aliphatic rings. The normalized spacial score (nSPS) is 16.8. The van der Waals surface area contributed by atoms with Crippen molar-refractivity contribution < 1.29 is 28.9 Å². The monoisotopic (exact) mass is 521 g/mol. The van der Waals surface area contributed by atoms with Gasteiger partial charge in [0.1, 0.15) is 23.0 Å². The van der Waals surface area contributed by atoms with Gasteiger partial charge in [-0.2, -0.15) is 0 Å². The van der Waals surface area contributed by atoms with Gasteiger partial charge in [-0.25, -0.2) is 0 Å². The number of methoxy groups -OCH3 is 1. The van der Waals surface area contributed by atoms with E-state index >= 15 is 0 Å². The van der Waals surface area contributed by atoms with Gasteiger partial charge < -0.3 is 19.3 Å². The zero-order chi connectivity index (χ0) is 26.7. The zero-order valence-electron chi connectivity index (χ0n) is 21.0. The lowest BCUT2D eigenvalue weighted by Crippen LogP contribution is -2.29. The number of hydrogen-bond donors (Lipinski definition) is 1. The first kappa shape index (κ1) is 26.1. The van der Waals surface area contributed by atoms with Crippen LogP contribution in [0.3, 0.4) is 0 Å². The maximum Gasteiger partial charge on any atom is 0.300 e. The zero-order valence-corrected chi connectivity index (χ0v) is 21.8. The summed E-state index contributed by atoms with van der Waals surface area (Å²) in [4.78, 5) is 28.1. The second kappa shape index (κ2) is 11.0. The second-order valence-corrected chi connectivity index (χ2v) is 9.09. The molecule has 1 N–H and O–H groups in total. The quantitative estimate of drug-likeness (QED) is 0.217. The number of hydrogen-bond acceptors (Lipinski definition) is 6. The van der Waals surface area contributed by atoms with E-state index in [4.69, 9.17) is 25.8 Å². The molecule has 1 heterocycles. The molecule has 0 aromatic heterocycles. The van der Waals surface area contributed by atoms with Crippen LogP contribution in [0.5, 0.6) is 17.2 Å². The fourth-order valence-electron chi connectivity index (χ4n) is 4.23. The summed E-state index contributed by atoms with van der Waals surface area (Å²) in [6.45, 7) is 6.04. The fourth-order valence-corrected chi connectivity index (χ4v) is 4.40. The first-order chi connectivity index (χ1) is 17.7. The Bertz CT molecular complexity index is 1330. The summed E-state index contributed by atoms with van der Waals surface area (Å²) < 4.78 is 16.5. The molecule has 0 saturated carbocycles. The highest BCUT2D eigenvalue weighted by atomic mass is 35.5. The van der Waals surface area contributed by atoms with Crippen LogP contribution in [0.2, 0.25) is 5.02 Å². The maximum absolute atomic E-state index is 13.4. The predicted octanol–water partition coefficient (Wildman–Crippen LogP) is 6.16. The summed E-state index contributed by atoms with van der Waals surface area (Å²) in [6.07, 6.45) is -0.0137. The van der Waals surface area contributed by atoms with Crippen molar-refractivity contribution in [1.29, 1.82) is 0 Å². The van der Waals surface area contributed by atoms with Crippen molar-refractivity contribution >= 4 is 34.7 Å². The molecule has 1 aliphatic heterocycles. The van der Waals surface area contributed by atoms with Gasteiger partial charge in [-0.1, -0.05) is 23.7 Å². The van der Waals surface area contributed by atoms with Crippen LogP contribution in [-0.4, -0.2) is 36.6 Å². The molecular formula is C29H28ClNO6. The number of ether oxygens (including phenoxy) is 3. The van der Waals surface area contributed by atoms with E-state index in [0.717, 1.165) is 0 Å². The van der Waals surface area contributed by atoms with Crippen molar-refractivity contribution in [1.82, 2.24) is 0 Å². The summed E-state index contributed by atoms with van der Waals surface area (Å²) in [5.41, 5.74) is 1.39. The number of Topliss-reactive ketones (excluding diaryl/α,β-unsaturated/α-hetero) is 1. The van der Waals surface area contributed by atoms with Gasteiger partial charge in [0.25, 0.3) is 11.7 Å². The molecular weight excluding hydrogens is 494 g/mol. The number of rotatable bonds is 8. The van der Waals surface area contributed by atoms with Crippen molar-refractivity contribution in [2.45, 2.75) is 32.9 Å². The molecule has 4 rings (SSSR count). The van der Waals surface area contributed by atoms with Crippen molar-refractivity contribution in [3.05, 3.63) is 88.5 Å². The number of benzene rings is 3. The number of aliphatic hydroxyl groups is 1. The average Bonchev–Trinajstić information content (AvgIpc) is 3.15. The van der Waals surface area contributed by atoms with E-state index in [0.29, 0.717) is 45.7 Å². The number of ketones is 1. The molecule has 3 aromatic carbocycles. The van der Waals surface area contributed by atoms with E-state index in [-0.39, 0.29) is 17.4 Å². The molecule has 0 aliphatic carbocycles. The minimum Gasteiger partial charge on any atom is -0.507 e. The molecule has 8 heteroatoms. The summed E-state index contributed by atoms with van der Waals surface area (Å²) in [5, 5.41) is 11.8. The Labute approximate surface area is 220 Å². The highest BCUT2D eigenvalue weighted by molar-refractivity contribution is 6.51. The number of carbonyl (C=O) groups excluding carboxylic acids is 2. The lowest BCUT2D eigenvalue weighted by atomic mass is 9.95. The number of carbonyl (C=O) groups is 2. The molecule has 192 valence electrons. The molecule has 7 nitrogen and oxygen atoms in total. The van der Waals surface area contributed by atoms with E-state index in [9.17, 15) is 14.7 Å². The molecule has 0 bridgehead atoms. The van der Waals surface area contributed by atoms with Gasteiger partial charge >= 0.3 is 0 Å². The molecule has 1 unspecified atom stereocenters. The van der Waals surface area contributed by atoms with Gasteiger partial charge in [0.15, 0.2) is 0 Å². The number of nitrogens with zero attached hydrogens (tertiary/aromatic N) is 1. The Morgan fingerprint density at radius 1 is 1.00 bits per heavy atom. The third-order valence-corrected chi connectivity index (χ3v) is 6.18. The Morgan fingerprint density at radius 2 is 1.65 bits per heavy atom. The third kappa shape index (κ3) is 5.27. The summed E-state index contributed by atoms with van der Waals surface area (Å²) in [5.74, 6) is -0.244. The Balaban J connectivity index is 1.88. The topological polar surface area (TPSA) is 85.3 Å². The standard InChI is InChI=1S/C29H28ClNO6/c1-5-36-24-16-19(8-15-23(24)30)27(32)25-26(18-6-11-22(12-7-18)37-17(2)3)31(29(34)28(25)33)20-9-13-21(35-4)14-10-20/h6-17,26,32H,5H2,1-4H3/b27-25-. The van der Waals surface area contributed by atoms with Crippen LogP contribution in [0.4, 0.5) is 5.69 Å². The van der Waals surface area contributed by atoms with Crippen LogP contribution in [0.15, 0.2) is 72.3 Å². The minimum absolute atomic E-state index is 0.0137. The molecule has 0 radical (unpaired) electrons. The van der Waals surface area contributed by atoms with Crippen LogP contribution in [-0.2, 0) is 9.59 Å². The Hall–Kier alpha value is -3.97.